The van der Waals surface area contributed by atoms with Crippen LogP contribution in [0.1, 0.15) is 30.5 Å². The first-order valence-corrected chi connectivity index (χ1v) is 4.73. The van der Waals surface area contributed by atoms with Crippen LogP contribution in [0.3, 0.4) is 0 Å². The summed E-state index contributed by atoms with van der Waals surface area (Å²) in [6.45, 7) is 1.90. The molecule has 0 aliphatic rings. The molecule has 0 aromatic heterocycles. The third-order valence-corrected chi connectivity index (χ3v) is 2.41. The van der Waals surface area contributed by atoms with Crippen molar-refractivity contribution < 1.29 is 13.5 Å². The maximum Gasteiger partial charge on any atom is 0.263 e. The number of hydrogen-bond donors (Lipinski definition) is 1. The molecule has 4 heteroatoms. The zero-order valence-corrected chi connectivity index (χ0v) is 9.05. The fourth-order valence-corrected chi connectivity index (χ4v) is 1.38. The Hall–Kier alpha value is -1.16. The molecule has 0 saturated carbocycles. The van der Waals surface area contributed by atoms with Gasteiger partial charge in [-0.3, -0.25) is 0 Å². The summed E-state index contributed by atoms with van der Waals surface area (Å²) >= 11 is 0. The topological polar surface area (TPSA) is 21.3 Å². The number of methoxy groups -OCH3 is 1. The number of rotatable bonds is 4. The van der Waals surface area contributed by atoms with E-state index in [-0.39, 0.29) is 11.6 Å². The van der Waals surface area contributed by atoms with Crippen molar-refractivity contribution in [2.45, 2.75) is 19.4 Å². The van der Waals surface area contributed by atoms with Gasteiger partial charge in [-0.05, 0) is 32.2 Å². The van der Waals surface area contributed by atoms with Gasteiger partial charge in [-0.15, -0.1) is 0 Å². The van der Waals surface area contributed by atoms with Crippen molar-refractivity contribution >= 4 is 0 Å². The molecule has 1 unspecified atom stereocenters. The van der Waals surface area contributed by atoms with Gasteiger partial charge in [-0.2, -0.15) is 0 Å². The minimum atomic E-state index is -2.45. The fourth-order valence-electron chi connectivity index (χ4n) is 1.38. The van der Waals surface area contributed by atoms with Crippen molar-refractivity contribution in [1.82, 2.24) is 5.32 Å². The van der Waals surface area contributed by atoms with Crippen LogP contribution in [0.15, 0.2) is 18.2 Å². The Morgan fingerprint density at radius 1 is 1.33 bits per heavy atom. The zero-order chi connectivity index (χ0) is 11.4. The minimum absolute atomic E-state index is 0.0151. The molecule has 0 amide bonds. The Morgan fingerprint density at radius 2 is 2.00 bits per heavy atom. The van der Waals surface area contributed by atoms with E-state index in [1.54, 1.807) is 13.1 Å². The predicted molar refractivity (Wildman–Crippen MR) is 55.4 cm³/mol. The quantitative estimate of drug-likeness (QED) is 0.833. The molecular weight excluding hydrogens is 200 g/mol. The fraction of sp³-hybridized carbons (Fsp3) is 0.455. The lowest BCUT2D eigenvalue weighted by molar-refractivity contribution is 0.151. The van der Waals surface area contributed by atoms with Gasteiger partial charge in [0.15, 0.2) is 0 Å². The molecule has 1 N–H and O–H groups in total. The lowest BCUT2D eigenvalue weighted by Crippen LogP contribution is -2.13. The molecule has 0 bridgehead atoms. The van der Waals surface area contributed by atoms with Crippen LogP contribution in [0.25, 0.3) is 0 Å². The monoisotopic (exact) mass is 215 g/mol. The Balaban J connectivity index is 3.13. The molecule has 0 heterocycles. The first kappa shape index (κ1) is 11.9. The summed E-state index contributed by atoms with van der Waals surface area (Å²) in [5, 5.41) is 3.00. The second-order valence-corrected chi connectivity index (χ2v) is 3.31. The predicted octanol–water partition coefficient (Wildman–Crippen LogP) is 2.91. The van der Waals surface area contributed by atoms with Gasteiger partial charge in [0.1, 0.15) is 5.75 Å². The highest BCUT2D eigenvalue weighted by Gasteiger charge is 2.14. The van der Waals surface area contributed by atoms with E-state index in [0.29, 0.717) is 5.75 Å². The van der Waals surface area contributed by atoms with Gasteiger partial charge in [0.25, 0.3) is 6.43 Å². The van der Waals surface area contributed by atoms with E-state index in [9.17, 15) is 8.78 Å². The molecule has 84 valence electrons. The molecule has 0 saturated heterocycles. The van der Waals surface area contributed by atoms with Crippen molar-refractivity contribution in [2.24, 2.45) is 0 Å². The second kappa shape index (κ2) is 5.07. The highest BCUT2D eigenvalue weighted by molar-refractivity contribution is 5.39. The van der Waals surface area contributed by atoms with Crippen LogP contribution in [0.5, 0.6) is 5.75 Å². The number of ether oxygens (including phenoxy) is 1. The smallest absolute Gasteiger partial charge is 0.263 e. The summed E-state index contributed by atoms with van der Waals surface area (Å²) in [6.07, 6.45) is -2.45. The molecule has 0 aliphatic heterocycles. The van der Waals surface area contributed by atoms with E-state index in [0.717, 1.165) is 5.56 Å². The molecule has 1 aromatic carbocycles. The van der Waals surface area contributed by atoms with Crippen LogP contribution >= 0.6 is 0 Å². The SMILES string of the molecule is CNC(C)c1cc(C(F)F)ccc1OC. The zero-order valence-electron chi connectivity index (χ0n) is 9.05. The third-order valence-electron chi connectivity index (χ3n) is 2.41. The standard InChI is InChI=1S/C11H15F2NO/c1-7(14-2)9-6-8(11(12)13)4-5-10(9)15-3/h4-7,11,14H,1-3H3. The van der Waals surface area contributed by atoms with Crippen LogP contribution in [0.4, 0.5) is 8.78 Å². The van der Waals surface area contributed by atoms with Crippen LogP contribution in [0.2, 0.25) is 0 Å². The summed E-state index contributed by atoms with van der Waals surface area (Å²) < 4.78 is 30.1. The highest BCUT2D eigenvalue weighted by atomic mass is 19.3. The first-order valence-electron chi connectivity index (χ1n) is 4.73. The molecule has 0 radical (unpaired) electrons. The van der Waals surface area contributed by atoms with Gasteiger partial charge >= 0.3 is 0 Å². The van der Waals surface area contributed by atoms with E-state index in [1.807, 2.05) is 6.92 Å². The molecule has 15 heavy (non-hydrogen) atoms. The Kier molecular flexibility index (Phi) is 4.03. The molecule has 2 nitrogen and oxygen atoms in total. The Morgan fingerprint density at radius 3 is 2.47 bits per heavy atom. The van der Waals surface area contributed by atoms with Crippen LogP contribution < -0.4 is 10.1 Å². The number of halogens is 2. The van der Waals surface area contributed by atoms with E-state index in [2.05, 4.69) is 5.32 Å². The van der Waals surface area contributed by atoms with Gasteiger partial charge in [0, 0.05) is 17.2 Å². The Labute approximate surface area is 88.3 Å². The second-order valence-electron chi connectivity index (χ2n) is 3.31. The summed E-state index contributed by atoms with van der Waals surface area (Å²) in [4.78, 5) is 0. The van der Waals surface area contributed by atoms with Crippen molar-refractivity contribution in [3.05, 3.63) is 29.3 Å². The third kappa shape index (κ3) is 2.65. The summed E-state index contributed by atoms with van der Waals surface area (Å²) in [7, 11) is 3.31. The van der Waals surface area contributed by atoms with Crippen molar-refractivity contribution in [1.29, 1.82) is 0 Å². The lowest BCUT2D eigenvalue weighted by atomic mass is 10.0. The molecule has 1 rings (SSSR count). The van der Waals surface area contributed by atoms with Crippen LogP contribution in [-0.4, -0.2) is 14.2 Å². The van der Waals surface area contributed by atoms with Gasteiger partial charge in [-0.1, -0.05) is 0 Å². The average Bonchev–Trinajstić information content (AvgIpc) is 2.27. The largest absolute Gasteiger partial charge is 0.496 e. The maximum absolute atomic E-state index is 12.5. The van der Waals surface area contributed by atoms with E-state index in [4.69, 9.17) is 4.74 Å². The van der Waals surface area contributed by atoms with Crippen molar-refractivity contribution in [3.63, 3.8) is 0 Å². The summed E-state index contributed by atoms with van der Waals surface area (Å²) in [5.41, 5.74) is 0.769. The first-order chi connectivity index (χ1) is 7.10. The lowest BCUT2D eigenvalue weighted by Gasteiger charge is -2.16. The van der Waals surface area contributed by atoms with Crippen molar-refractivity contribution in [3.8, 4) is 5.75 Å². The minimum Gasteiger partial charge on any atom is -0.496 e. The molecule has 1 atom stereocenters. The van der Waals surface area contributed by atoms with E-state index in [1.165, 1.54) is 19.2 Å². The molecule has 0 fully saturated rings. The van der Waals surface area contributed by atoms with Gasteiger partial charge in [-0.25, -0.2) is 8.78 Å². The van der Waals surface area contributed by atoms with E-state index >= 15 is 0 Å². The number of alkyl halides is 2. The van der Waals surface area contributed by atoms with Crippen molar-refractivity contribution in [2.75, 3.05) is 14.2 Å². The number of benzene rings is 1. The maximum atomic E-state index is 12.5. The molecular formula is C11H15F2NO. The molecule has 0 aliphatic carbocycles. The summed E-state index contributed by atoms with van der Waals surface area (Å²) in [6, 6.07) is 4.42. The van der Waals surface area contributed by atoms with E-state index < -0.39 is 6.43 Å². The van der Waals surface area contributed by atoms with Gasteiger partial charge in [0.05, 0.1) is 7.11 Å². The normalized spacial score (nSPS) is 12.9. The van der Waals surface area contributed by atoms with Gasteiger partial charge in [0.2, 0.25) is 0 Å². The highest BCUT2D eigenvalue weighted by Crippen LogP contribution is 2.29. The molecule has 1 aromatic rings. The van der Waals surface area contributed by atoms with Gasteiger partial charge < -0.3 is 10.1 Å². The number of nitrogens with one attached hydrogen (secondary N) is 1. The molecule has 0 spiro atoms. The van der Waals surface area contributed by atoms with Crippen LogP contribution in [0, 0.1) is 0 Å². The summed E-state index contributed by atoms with van der Waals surface area (Å²) in [5.74, 6) is 0.626. The Bertz CT molecular complexity index is 328. The number of hydrogen-bond acceptors (Lipinski definition) is 2. The average molecular weight is 215 g/mol. The van der Waals surface area contributed by atoms with Crippen LogP contribution in [-0.2, 0) is 0 Å².